The maximum atomic E-state index is 12.8. The number of likely N-dealkylation sites (tertiary alicyclic amines) is 1. The molecule has 26 heavy (non-hydrogen) atoms. The molecule has 1 aromatic carbocycles. The van der Waals surface area contributed by atoms with E-state index in [1.807, 2.05) is 46.1 Å². The molecule has 4 rings (SSSR count). The molecule has 1 atom stereocenters. The van der Waals surface area contributed by atoms with E-state index in [0.29, 0.717) is 19.6 Å². The normalized spacial score (nSPS) is 15.7. The Labute approximate surface area is 151 Å². The molecule has 0 bridgehead atoms. The predicted octanol–water partition coefficient (Wildman–Crippen LogP) is 1.49. The molecule has 3 aromatic rings. The van der Waals surface area contributed by atoms with Crippen LogP contribution in [-0.2, 0) is 11.3 Å². The molecule has 2 aromatic heterocycles. The molecule has 1 unspecified atom stereocenters. The van der Waals surface area contributed by atoms with Crippen LogP contribution < -0.4 is 0 Å². The maximum absolute atomic E-state index is 12.8. The zero-order chi connectivity index (χ0) is 17.9. The molecular formula is C18H21N7O. The van der Waals surface area contributed by atoms with Crippen molar-refractivity contribution in [2.45, 2.75) is 31.8 Å². The molecule has 0 aliphatic carbocycles. The predicted molar refractivity (Wildman–Crippen MR) is 94.2 cm³/mol. The highest BCUT2D eigenvalue weighted by Gasteiger charge is 2.36. The average Bonchev–Trinajstić information content (AvgIpc) is 3.28. The number of aromatic nitrogens is 6. The van der Waals surface area contributed by atoms with Gasteiger partial charge in [-0.2, -0.15) is 15.0 Å². The number of rotatable bonds is 6. The van der Waals surface area contributed by atoms with Crippen molar-refractivity contribution in [3.8, 4) is 0 Å². The molecule has 0 saturated carbocycles. The highest BCUT2D eigenvalue weighted by Crippen LogP contribution is 2.28. The largest absolute Gasteiger partial charge is 0.338 e. The SMILES string of the molecule is CCC(C(=O)N1CC(n2cc(Cn3nccn3)nn2)C1)c1ccccc1. The van der Waals surface area contributed by atoms with Crippen molar-refractivity contribution in [1.29, 1.82) is 0 Å². The first kappa shape index (κ1) is 16.4. The number of amides is 1. The first-order valence-electron chi connectivity index (χ1n) is 8.83. The molecule has 0 N–H and O–H groups in total. The van der Waals surface area contributed by atoms with Gasteiger partial charge in [-0.1, -0.05) is 42.5 Å². The topological polar surface area (TPSA) is 81.7 Å². The fourth-order valence-corrected chi connectivity index (χ4v) is 3.30. The van der Waals surface area contributed by atoms with E-state index in [1.165, 1.54) is 0 Å². The summed E-state index contributed by atoms with van der Waals surface area (Å²) in [5.74, 6) is 0.116. The van der Waals surface area contributed by atoms with Gasteiger partial charge in [0.25, 0.3) is 0 Å². The highest BCUT2D eigenvalue weighted by atomic mass is 16.2. The van der Waals surface area contributed by atoms with Crippen molar-refractivity contribution in [2.75, 3.05) is 13.1 Å². The zero-order valence-electron chi connectivity index (χ0n) is 14.6. The Morgan fingerprint density at radius 2 is 1.92 bits per heavy atom. The summed E-state index contributed by atoms with van der Waals surface area (Å²) >= 11 is 0. The summed E-state index contributed by atoms with van der Waals surface area (Å²) in [5.41, 5.74) is 1.89. The van der Waals surface area contributed by atoms with Crippen molar-refractivity contribution in [2.24, 2.45) is 0 Å². The molecule has 3 heterocycles. The number of hydrogen-bond acceptors (Lipinski definition) is 5. The molecule has 134 valence electrons. The Balaban J connectivity index is 1.36. The van der Waals surface area contributed by atoms with Crippen LogP contribution in [-0.4, -0.2) is 53.9 Å². The summed E-state index contributed by atoms with van der Waals surface area (Å²) in [7, 11) is 0. The third-order valence-corrected chi connectivity index (χ3v) is 4.78. The molecule has 1 fully saturated rings. The van der Waals surface area contributed by atoms with Crippen LogP contribution in [0.4, 0.5) is 0 Å². The van der Waals surface area contributed by atoms with Crippen molar-refractivity contribution in [3.05, 3.63) is 60.2 Å². The van der Waals surface area contributed by atoms with Crippen molar-refractivity contribution in [1.82, 2.24) is 34.9 Å². The van der Waals surface area contributed by atoms with E-state index in [0.717, 1.165) is 17.7 Å². The van der Waals surface area contributed by atoms with Crippen molar-refractivity contribution in [3.63, 3.8) is 0 Å². The van der Waals surface area contributed by atoms with Crippen molar-refractivity contribution >= 4 is 5.91 Å². The van der Waals surface area contributed by atoms with E-state index in [1.54, 1.807) is 17.2 Å². The number of nitrogens with zero attached hydrogens (tertiary/aromatic N) is 7. The van der Waals surface area contributed by atoms with E-state index >= 15 is 0 Å². The van der Waals surface area contributed by atoms with E-state index in [2.05, 4.69) is 27.4 Å². The van der Waals surface area contributed by atoms with Crippen LogP contribution in [0.15, 0.2) is 48.9 Å². The van der Waals surface area contributed by atoms with Crippen LogP contribution in [0.3, 0.4) is 0 Å². The molecule has 1 saturated heterocycles. The first-order valence-corrected chi connectivity index (χ1v) is 8.83. The lowest BCUT2D eigenvalue weighted by molar-refractivity contribution is -0.139. The second-order valence-corrected chi connectivity index (χ2v) is 6.52. The van der Waals surface area contributed by atoms with Gasteiger partial charge in [0.05, 0.1) is 30.6 Å². The van der Waals surface area contributed by atoms with E-state index in [4.69, 9.17) is 0 Å². The maximum Gasteiger partial charge on any atom is 0.230 e. The molecule has 8 nitrogen and oxygen atoms in total. The summed E-state index contributed by atoms with van der Waals surface area (Å²) in [6.07, 6.45) is 5.98. The van der Waals surface area contributed by atoms with Gasteiger partial charge >= 0.3 is 0 Å². The summed E-state index contributed by atoms with van der Waals surface area (Å²) < 4.78 is 1.84. The lowest BCUT2D eigenvalue weighted by Gasteiger charge is -2.40. The summed E-state index contributed by atoms with van der Waals surface area (Å²) in [5, 5.41) is 16.5. The van der Waals surface area contributed by atoms with Gasteiger partial charge in [0.1, 0.15) is 12.2 Å². The summed E-state index contributed by atoms with van der Waals surface area (Å²) in [4.78, 5) is 16.3. The molecular weight excluding hydrogens is 330 g/mol. The number of hydrogen-bond donors (Lipinski definition) is 0. The van der Waals surface area contributed by atoms with Crippen LogP contribution >= 0.6 is 0 Å². The van der Waals surface area contributed by atoms with Gasteiger partial charge in [0.15, 0.2) is 0 Å². The van der Waals surface area contributed by atoms with E-state index in [9.17, 15) is 4.79 Å². The van der Waals surface area contributed by atoms with Gasteiger partial charge in [-0.15, -0.1) is 5.10 Å². The third kappa shape index (κ3) is 3.22. The van der Waals surface area contributed by atoms with E-state index < -0.39 is 0 Å². The second-order valence-electron chi connectivity index (χ2n) is 6.52. The quantitative estimate of drug-likeness (QED) is 0.672. The molecule has 1 amide bonds. The minimum absolute atomic E-state index is 0.0747. The van der Waals surface area contributed by atoms with Gasteiger partial charge in [0.2, 0.25) is 5.91 Å². The van der Waals surface area contributed by atoms with Gasteiger partial charge in [-0.25, -0.2) is 4.68 Å². The minimum atomic E-state index is -0.0747. The monoisotopic (exact) mass is 351 g/mol. The van der Waals surface area contributed by atoms with Gasteiger partial charge in [-0.05, 0) is 12.0 Å². The molecule has 1 aliphatic heterocycles. The summed E-state index contributed by atoms with van der Waals surface area (Å²) in [6, 6.07) is 10.2. The second kappa shape index (κ2) is 7.07. The van der Waals surface area contributed by atoms with Gasteiger partial charge < -0.3 is 4.90 Å². The lowest BCUT2D eigenvalue weighted by atomic mass is 9.93. The first-order chi connectivity index (χ1) is 12.7. The van der Waals surface area contributed by atoms with Crippen molar-refractivity contribution < 1.29 is 4.79 Å². The van der Waals surface area contributed by atoms with Crippen LogP contribution in [0.2, 0.25) is 0 Å². The van der Waals surface area contributed by atoms with Crippen LogP contribution in [0.5, 0.6) is 0 Å². The Hall–Kier alpha value is -3.03. The third-order valence-electron chi connectivity index (χ3n) is 4.78. The van der Waals surface area contributed by atoms with Crippen LogP contribution in [0.1, 0.15) is 36.6 Å². The molecule has 1 aliphatic rings. The van der Waals surface area contributed by atoms with Gasteiger partial charge in [-0.3, -0.25) is 4.79 Å². The number of benzene rings is 1. The Morgan fingerprint density at radius 1 is 1.19 bits per heavy atom. The van der Waals surface area contributed by atoms with E-state index in [-0.39, 0.29) is 17.9 Å². The van der Waals surface area contributed by atoms with Crippen LogP contribution in [0, 0.1) is 0 Å². The smallest absolute Gasteiger partial charge is 0.230 e. The Bertz CT molecular complexity index is 853. The zero-order valence-corrected chi connectivity index (χ0v) is 14.6. The summed E-state index contributed by atoms with van der Waals surface area (Å²) in [6.45, 7) is 3.89. The lowest BCUT2D eigenvalue weighted by Crippen LogP contribution is -2.52. The Kier molecular flexibility index (Phi) is 4.47. The molecule has 0 spiro atoms. The van der Waals surface area contributed by atoms with Crippen LogP contribution in [0.25, 0.3) is 0 Å². The number of carbonyl (C=O) groups excluding carboxylic acids is 1. The standard InChI is InChI=1S/C18H21N7O/c1-2-17(14-6-4-3-5-7-14)18(26)23-12-16(13-23)24-10-15(21-22-24)11-25-19-8-9-20-25/h3-10,16-17H,2,11-13H2,1H3. The number of carbonyl (C=O) groups is 1. The molecule has 8 heteroatoms. The fourth-order valence-electron chi connectivity index (χ4n) is 3.30. The molecule has 0 radical (unpaired) electrons. The Morgan fingerprint density at radius 3 is 2.62 bits per heavy atom. The fraction of sp³-hybridized carbons (Fsp3) is 0.389. The highest BCUT2D eigenvalue weighted by molar-refractivity contribution is 5.84. The van der Waals surface area contributed by atoms with Gasteiger partial charge in [0, 0.05) is 13.1 Å². The minimum Gasteiger partial charge on any atom is -0.338 e. The average molecular weight is 351 g/mol.